The van der Waals surface area contributed by atoms with E-state index < -0.39 is 5.76 Å². The molecule has 1 aliphatic rings. The monoisotopic (exact) mass is 338 g/mol. The molecule has 0 spiro atoms. The molecule has 1 aliphatic heterocycles. The van der Waals surface area contributed by atoms with E-state index in [1.807, 2.05) is 24.3 Å². The van der Waals surface area contributed by atoms with Gasteiger partial charge >= 0.3 is 5.76 Å². The predicted octanol–water partition coefficient (Wildman–Crippen LogP) is 2.11. The summed E-state index contributed by atoms with van der Waals surface area (Å²) < 4.78 is 12.3. The Balaban J connectivity index is 1.49. The van der Waals surface area contributed by atoms with Crippen LogP contribution in [0.2, 0.25) is 0 Å². The van der Waals surface area contributed by atoms with E-state index >= 15 is 0 Å². The minimum Gasteiger partial charge on any atom is -0.493 e. The normalized spacial score (nSPS) is 16.3. The second-order valence-corrected chi connectivity index (χ2v) is 6.28. The quantitative estimate of drug-likeness (QED) is 0.794. The fraction of sp³-hybridized carbons (Fsp3) is 0.263. The highest BCUT2D eigenvalue weighted by atomic mass is 16.5. The van der Waals surface area contributed by atoms with Crippen molar-refractivity contribution < 1.29 is 13.9 Å². The molecule has 2 heterocycles. The first kappa shape index (κ1) is 15.5. The molecule has 1 unspecified atom stereocenters. The lowest BCUT2D eigenvalue weighted by atomic mass is 9.96. The number of oxazole rings is 1. The molecule has 3 aromatic rings. The number of fused-ring (bicyclic) bond motifs is 2. The Morgan fingerprint density at radius 1 is 1.24 bits per heavy atom. The molecule has 0 saturated carbocycles. The third-order valence-corrected chi connectivity index (χ3v) is 4.57. The van der Waals surface area contributed by atoms with Crippen LogP contribution in [-0.2, 0) is 13.5 Å². The summed E-state index contributed by atoms with van der Waals surface area (Å²) in [6.45, 7) is 1.07. The highest BCUT2D eigenvalue weighted by Gasteiger charge is 2.21. The first-order chi connectivity index (χ1) is 12.1. The summed E-state index contributed by atoms with van der Waals surface area (Å²) in [4.78, 5) is 24.2. The smallest absolute Gasteiger partial charge is 0.419 e. The van der Waals surface area contributed by atoms with Crippen LogP contribution >= 0.6 is 0 Å². The van der Waals surface area contributed by atoms with Gasteiger partial charge in [0.1, 0.15) is 5.75 Å². The van der Waals surface area contributed by atoms with Crippen molar-refractivity contribution in [3.63, 3.8) is 0 Å². The maximum Gasteiger partial charge on any atom is 0.419 e. The van der Waals surface area contributed by atoms with E-state index in [1.165, 1.54) is 4.57 Å². The summed E-state index contributed by atoms with van der Waals surface area (Å²) in [7, 11) is 1.62. The molecule has 0 aliphatic carbocycles. The lowest BCUT2D eigenvalue weighted by Crippen LogP contribution is -2.34. The fourth-order valence-electron chi connectivity index (χ4n) is 3.18. The third kappa shape index (κ3) is 2.80. The van der Waals surface area contributed by atoms with Crippen LogP contribution in [0.1, 0.15) is 15.9 Å². The van der Waals surface area contributed by atoms with Gasteiger partial charge in [-0.3, -0.25) is 9.36 Å². The summed E-state index contributed by atoms with van der Waals surface area (Å²) in [6, 6.07) is 13.1. The van der Waals surface area contributed by atoms with Crippen LogP contribution in [-0.4, -0.2) is 23.6 Å². The maximum atomic E-state index is 12.5. The van der Waals surface area contributed by atoms with Crippen molar-refractivity contribution in [2.75, 3.05) is 13.2 Å². The number of nitrogens with one attached hydrogen (secondary N) is 1. The van der Waals surface area contributed by atoms with Crippen molar-refractivity contribution in [3.05, 3.63) is 64.1 Å². The van der Waals surface area contributed by atoms with Crippen molar-refractivity contribution in [2.45, 2.75) is 6.42 Å². The Kier molecular flexibility index (Phi) is 3.80. The average molecular weight is 338 g/mol. The lowest BCUT2D eigenvalue weighted by molar-refractivity contribution is 0.0939. The average Bonchev–Trinajstić information content (AvgIpc) is 2.94. The summed E-state index contributed by atoms with van der Waals surface area (Å²) in [6.07, 6.45) is 0.862. The number of ether oxygens (including phenoxy) is 1. The van der Waals surface area contributed by atoms with E-state index in [4.69, 9.17) is 9.15 Å². The van der Waals surface area contributed by atoms with Gasteiger partial charge in [0.25, 0.3) is 5.91 Å². The fourth-order valence-corrected chi connectivity index (χ4v) is 3.18. The van der Waals surface area contributed by atoms with Crippen LogP contribution in [0, 0.1) is 5.92 Å². The maximum absolute atomic E-state index is 12.5. The third-order valence-electron chi connectivity index (χ3n) is 4.57. The van der Waals surface area contributed by atoms with Crippen LogP contribution in [0.15, 0.2) is 51.7 Å². The van der Waals surface area contributed by atoms with Gasteiger partial charge in [-0.1, -0.05) is 24.3 Å². The molecular formula is C19H18N2O4. The Hall–Kier alpha value is -3.02. The molecule has 0 bridgehead atoms. The van der Waals surface area contributed by atoms with Gasteiger partial charge in [0.05, 0.1) is 17.7 Å². The molecule has 2 aromatic carbocycles. The summed E-state index contributed by atoms with van der Waals surface area (Å²) in [5.41, 5.74) is 2.45. The van der Waals surface area contributed by atoms with Crippen molar-refractivity contribution >= 4 is 17.0 Å². The van der Waals surface area contributed by atoms with Crippen molar-refractivity contribution in [2.24, 2.45) is 13.0 Å². The minimum atomic E-state index is -0.479. The second kappa shape index (κ2) is 6.12. The van der Waals surface area contributed by atoms with Crippen LogP contribution in [0.25, 0.3) is 11.1 Å². The Labute approximate surface area is 144 Å². The highest BCUT2D eigenvalue weighted by molar-refractivity contribution is 6.04. The van der Waals surface area contributed by atoms with Crippen LogP contribution in [0.5, 0.6) is 5.75 Å². The number of rotatable bonds is 3. The summed E-state index contributed by atoms with van der Waals surface area (Å²) >= 11 is 0. The van der Waals surface area contributed by atoms with E-state index in [2.05, 4.69) is 5.32 Å². The zero-order valence-electron chi connectivity index (χ0n) is 13.8. The molecule has 1 amide bonds. The Bertz CT molecular complexity index is 1000. The molecule has 1 atom stereocenters. The number of amides is 1. The molecule has 6 nitrogen and oxygen atoms in total. The number of carbonyl (C=O) groups excluding carboxylic acids is 1. The van der Waals surface area contributed by atoms with Crippen LogP contribution in [0.4, 0.5) is 0 Å². The summed E-state index contributed by atoms with van der Waals surface area (Å²) in [5.74, 6) is 0.396. The Morgan fingerprint density at radius 2 is 2.08 bits per heavy atom. The number of hydrogen-bond acceptors (Lipinski definition) is 4. The minimum absolute atomic E-state index is 0.209. The Morgan fingerprint density at radius 3 is 2.96 bits per heavy atom. The van der Waals surface area contributed by atoms with Crippen LogP contribution < -0.4 is 15.8 Å². The predicted molar refractivity (Wildman–Crippen MR) is 92.9 cm³/mol. The van der Waals surface area contributed by atoms with Gasteiger partial charge in [0.15, 0.2) is 5.58 Å². The molecule has 0 saturated heterocycles. The van der Waals surface area contributed by atoms with E-state index in [0.717, 1.165) is 17.7 Å². The standard InChI is InChI=1S/C19H18N2O4/c1-21-15-7-4-6-14(17(15)25-19(21)23)18(22)20-10-12-9-13-5-2-3-8-16(13)24-11-12/h2-8,12H,9-11H2,1H3,(H,20,22). The van der Waals surface area contributed by atoms with Gasteiger partial charge in [0.2, 0.25) is 0 Å². The highest BCUT2D eigenvalue weighted by Crippen LogP contribution is 2.26. The number of carbonyl (C=O) groups is 1. The number of aromatic nitrogens is 1. The zero-order valence-corrected chi connectivity index (χ0v) is 13.8. The number of benzene rings is 2. The molecule has 4 rings (SSSR count). The topological polar surface area (TPSA) is 73.5 Å². The SMILES string of the molecule is Cn1c(=O)oc2c(C(=O)NCC3COc4ccccc4C3)cccc21. The van der Waals surface area contributed by atoms with Crippen molar-refractivity contribution in [1.82, 2.24) is 9.88 Å². The largest absolute Gasteiger partial charge is 0.493 e. The number of aryl methyl sites for hydroxylation is 1. The van der Waals surface area contributed by atoms with E-state index in [-0.39, 0.29) is 11.8 Å². The second-order valence-electron chi connectivity index (χ2n) is 6.28. The molecule has 1 N–H and O–H groups in total. The van der Waals surface area contributed by atoms with Gasteiger partial charge in [-0.05, 0) is 30.2 Å². The lowest BCUT2D eigenvalue weighted by Gasteiger charge is -2.25. The van der Waals surface area contributed by atoms with E-state index in [9.17, 15) is 9.59 Å². The molecule has 1 aromatic heterocycles. The first-order valence-electron chi connectivity index (χ1n) is 8.21. The molecule has 25 heavy (non-hydrogen) atoms. The van der Waals surface area contributed by atoms with Gasteiger partial charge in [0, 0.05) is 19.5 Å². The first-order valence-corrected chi connectivity index (χ1v) is 8.21. The number of hydrogen-bond donors (Lipinski definition) is 1. The van der Waals surface area contributed by atoms with Gasteiger partial charge in [-0.2, -0.15) is 0 Å². The van der Waals surface area contributed by atoms with Gasteiger partial charge in [-0.15, -0.1) is 0 Å². The number of nitrogens with zero attached hydrogens (tertiary/aromatic N) is 1. The molecule has 0 fully saturated rings. The van der Waals surface area contributed by atoms with E-state index in [1.54, 1.807) is 25.2 Å². The zero-order chi connectivity index (χ0) is 17.4. The van der Waals surface area contributed by atoms with E-state index in [0.29, 0.717) is 29.8 Å². The van der Waals surface area contributed by atoms with Crippen molar-refractivity contribution in [3.8, 4) is 5.75 Å². The molecule has 0 radical (unpaired) electrons. The molecule has 128 valence electrons. The molecule has 6 heteroatoms. The van der Waals surface area contributed by atoms with Gasteiger partial charge in [-0.25, -0.2) is 4.79 Å². The van der Waals surface area contributed by atoms with Gasteiger partial charge < -0.3 is 14.5 Å². The van der Waals surface area contributed by atoms with Crippen LogP contribution in [0.3, 0.4) is 0 Å². The number of para-hydroxylation sites is 2. The summed E-state index contributed by atoms with van der Waals surface area (Å²) in [5, 5.41) is 2.93. The molecular weight excluding hydrogens is 320 g/mol. The van der Waals surface area contributed by atoms with Crippen molar-refractivity contribution in [1.29, 1.82) is 0 Å².